The van der Waals surface area contributed by atoms with Crippen LogP contribution in [0, 0.1) is 12.8 Å². The summed E-state index contributed by atoms with van der Waals surface area (Å²) >= 11 is 0. The van der Waals surface area contributed by atoms with Gasteiger partial charge in [0.2, 0.25) is 5.91 Å². The average molecular weight is 368 g/mol. The SMILES string of the molecule is Cc1nccn1CCC1CCN(C(=O)C2CC(c3cccnc3)NN2)CC1. The topological polar surface area (TPSA) is 75.1 Å². The molecule has 0 saturated carbocycles. The van der Waals surface area contributed by atoms with Crippen molar-refractivity contribution in [3.8, 4) is 0 Å². The second-order valence-electron chi connectivity index (χ2n) is 7.64. The maximum Gasteiger partial charge on any atom is 0.241 e. The first-order valence-electron chi connectivity index (χ1n) is 9.88. The molecule has 0 aliphatic carbocycles. The van der Waals surface area contributed by atoms with Crippen molar-refractivity contribution in [2.75, 3.05) is 13.1 Å². The average Bonchev–Trinajstić information content (AvgIpc) is 3.36. The van der Waals surface area contributed by atoms with Crippen molar-refractivity contribution in [3.05, 3.63) is 48.3 Å². The monoisotopic (exact) mass is 368 g/mol. The van der Waals surface area contributed by atoms with Gasteiger partial charge in [-0.3, -0.25) is 9.78 Å². The Balaban J connectivity index is 1.24. The van der Waals surface area contributed by atoms with Crippen LogP contribution < -0.4 is 10.9 Å². The maximum absolute atomic E-state index is 12.9. The van der Waals surface area contributed by atoms with Gasteiger partial charge < -0.3 is 9.47 Å². The molecule has 2 atom stereocenters. The molecule has 0 aromatic carbocycles. The van der Waals surface area contributed by atoms with Gasteiger partial charge in [0.05, 0.1) is 0 Å². The maximum atomic E-state index is 12.9. The highest BCUT2D eigenvalue weighted by Gasteiger charge is 2.34. The number of aryl methyl sites for hydroxylation is 2. The molecule has 144 valence electrons. The van der Waals surface area contributed by atoms with E-state index in [-0.39, 0.29) is 18.0 Å². The molecule has 2 aromatic heterocycles. The minimum atomic E-state index is -0.152. The quantitative estimate of drug-likeness (QED) is 0.842. The van der Waals surface area contributed by atoms with Crippen LogP contribution in [0.3, 0.4) is 0 Å². The molecule has 2 aromatic rings. The van der Waals surface area contributed by atoms with E-state index in [1.807, 2.05) is 42.5 Å². The van der Waals surface area contributed by atoms with Crippen LogP contribution in [0.25, 0.3) is 0 Å². The molecule has 2 N–H and O–H groups in total. The first kappa shape index (κ1) is 18.1. The van der Waals surface area contributed by atoms with E-state index in [0.717, 1.165) is 56.7 Å². The van der Waals surface area contributed by atoms with E-state index < -0.39 is 0 Å². The molecule has 1 amide bonds. The molecule has 2 aliphatic heterocycles. The number of carbonyl (C=O) groups excluding carboxylic acids is 1. The van der Waals surface area contributed by atoms with Crippen molar-refractivity contribution < 1.29 is 4.79 Å². The number of piperidine rings is 1. The lowest BCUT2D eigenvalue weighted by Gasteiger charge is -2.33. The molecule has 2 fully saturated rings. The van der Waals surface area contributed by atoms with Crippen LogP contribution in [0.1, 0.15) is 43.1 Å². The molecule has 7 nitrogen and oxygen atoms in total. The summed E-state index contributed by atoms with van der Waals surface area (Å²) in [6, 6.07) is 3.97. The van der Waals surface area contributed by atoms with Gasteiger partial charge in [0, 0.05) is 50.5 Å². The number of hydrogen-bond donors (Lipinski definition) is 2. The first-order valence-corrected chi connectivity index (χ1v) is 9.88. The molecular formula is C20H28N6O. The standard InChI is InChI=1S/C20H28N6O/c1-15-22-8-12-25(15)9-4-16-5-10-26(11-6-16)20(27)19-13-18(23-24-19)17-3-2-7-21-14-17/h2-3,7-8,12,14,16,18-19,23-24H,4-6,9-11,13H2,1H3. The van der Waals surface area contributed by atoms with Crippen molar-refractivity contribution in [2.24, 2.45) is 5.92 Å². The number of amides is 1. The Bertz CT molecular complexity index is 753. The Hall–Kier alpha value is -2.25. The van der Waals surface area contributed by atoms with Crippen LogP contribution in [0.5, 0.6) is 0 Å². The normalized spacial score (nSPS) is 23.7. The minimum absolute atomic E-state index is 0.142. The molecule has 0 bridgehead atoms. The van der Waals surface area contributed by atoms with Crippen molar-refractivity contribution in [1.29, 1.82) is 0 Å². The van der Waals surface area contributed by atoms with E-state index in [2.05, 4.69) is 25.4 Å². The molecule has 4 heterocycles. The Morgan fingerprint density at radius 1 is 1.26 bits per heavy atom. The van der Waals surface area contributed by atoms with E-state index in [0.29, 0.717) is 5.92 Å². The van der Waals surface area contributed by atoms with Crippen molar-refractivity contribution in [1.82, 2.24) is 30.3 Å². The number of nitrogens with zero attached hydrogens (tertiary/aromatic N) is 4. The van der Waals surface area contributed by atoms with Crippen molar-refractivity contribution in [2.45, 2.75) is 51.2 Å². The Labute approximate surface area is 160 Å². The molecule has 2 unspecified atom stereocenters. The minimum Gasteiger partial charge on any atom is -0.341 e. The predicted molar refractivity (Wildman–Crippen MR) is 103 cm³/mol. The third-order valence-corrected chi connectivity index (χ3v) is 5.92. The van der Waals surface area contributed by atoms with E-state index in [1.54, 1.807) is 6.20 Å². The highest BCUT2D eigenvalue weighted by molar-refractivity contribution is 5.82. The Morgan fingerprint density at radius 2 is 2.11 bits per heavy atom. The number of hydrogen-bond acceptors (Lipinski definition) is 5. The number of carbonyl (C=O) groups is 1. The molecule has 2 saturated heterocycles. The van der Waals surface area contributed by atoms with Gasteiger partial charge in [-0.05, 0) is 50.2 Å². The molecule has 27 heavy (non-hydrogen) atoms. The summed E-state index contributed by atoms with van der Waals surface area (Å²) in [5, 5.41) is 0. The van der Waals surface area contributed by atoms with Crippen LogP contribution in [0.4, 0.5) is 0 Å². The summed E-state index contributed by atoms with van der Waals surface area (Å²) in [6.07, 6.45) is 11.6. The van der Waals surface area contributed by atoms with Gasteiger partial charge in [-0.1, -0.05) is 6.07 Å². The van der Waals surface area contributed by atoms with Gasteiger partial charge in [0.25, 0.3) is 0 Å². The highest BCUT2D eigenvalue weighted by Crippen LogP contribution is 2.25. The zero-order valence-corrected chi connectivity index (χ0v) is 15.8. The second-order valence-corrected chi connectivity index (χ2v) is 7.64. The summed E-state index contributed by atoms with van der Waals surface area (Å²) in [6.45, 7) is 4.79. The largest absolute Gasteiger partial charge is 0.341 e. The number of likely N-dealkylation sites (tertiary alicyclic amines) is 1. The van der Waals surface area contributed by atoms with Gasteiger partial charge in [0.15, 0.2) is 0 Å². The van der Waals surface area contributed by atoms with Gasteiger partial charge in [-0.15, -0.1) is 0 Å². The number of hydrazine groups is 1. The summed E-state index contributed by atoms with van der Waals surface area (Å²) in [5.41, 5.74) is 7.55. The van der Waals surface area contributed by atoms with Crippen LogP contribution in [0.15, 0.2) is 36.9 Å². The second kappa shape index (κ2) is 8.19. The summed E-state index contributed by atoms with van der Waals surface area (Å²) in [4.78, 5) is 23.4. The fourth-order valence-electron chi connectivity index (χ4n) is 4.14. The Morgan fingerprint density at radius 3 is 2.81 bits per heavy atom. The van der Waals surface area contributed by atoms with Gasteiger partial charge in [-0.25, -0.2) is 15.8 Å². The molecule has 7 heteroatoms. The smallest absolute Gasteiger partial charge is 0.241 e. The lowest BCUT2D eigenvalue weighted by Crippen LogP contribution is -2.48. The Kier molecular flexibility index (Phi) is 5.50. The van der Waals surface area contributed by atoms with Crippen molar-refractivity contribution in [3.63, 3.8) is 0 Å². The fourth-order valence-corrected chi connectivity index (χ4v) is 4.14. The number of imidazole rings is 1. The van der Waals surface area contributed by atoms with Gasteiger partial charge >= 0.3 is 0 Å². The predicted octanol–water partition coefficient (Wildman–Crippen LogP) is 1.82. The lowest BCUT2D eigenvalue weighted by atomic mass is 9.93. The lowest BCUT2D eigenvalue weighted by molar-refractivity contribution is -0.134. The molecule has 2 aliphatic rings. The number of nitrogens with one attached hydrogen (secondary N) is 2. The van der Waals surface area contributed by atoms with Crippen LogP contribution in [-0.2, 0) is 11.3 Å². The third kappa shape index (κ3) is 4.20. The highest BCUT2D eigenvalue weighted by atomic mass is 16.2. The molecule has 0 radical (unpaired) electrons. The van der Waals surface area contributed by atoms with Gasteiger partial charge in [-0.2, -0.15) is 0 Å². The van der Waals surface area contributed by atoms with Crippen LogP contribution in [-0.4, -0.2) is 44.5 Å². The van der Waals surface area contributed by atoms with Crippen molar-refractivity contribution >= 4 is 5.91 Å². The zero-order chi connectivity index (χ0) is 18.6. The summed E-state index contributed by atoms with van der Waals surface area (Å²) in [5.74, 6) is 1.98. The van der Waals surface area contributed by atoms with Gasteiger partial charge in [0.1, 0.15) is 11.9 Å². The molecule has 0 spiro atoms. The summed E-state index contributed by atoms with van der Waals surface area (Å²) in [7, 11) is 0. The van der Waals surface area contributed by atoms with Crippen LogP contribution >= 0.6 is 0 Å². The number of aromatic nitrogens is 3. The summed E-state index contributed by atoms with van der Waals surface area (Å²) < 4.78 is 2.21. The number of pyridine rings is 1. The zero-order valence-electron chi connectivity index (χ0n) is 15.8. The van der Waals surface area contributed by atoms with E-state index >= 15 is 0 Å². The van der Waals surface area contributed by atoms with E-state index in [9.17, 15) is 4.79 Å². The first-order chi connectivity index (χ1) is 13.2. The third-order valence-electron chi connectivity index (χ3n) is 5.92. The fraction of sp³-hybridized carbons (Fsp3) is 0.550. The van der Waals surface area contributed by atoms with Crippen LogP contribution in [0.2, 0.25) is 0 Å². The number of rotatable bonds is 5. The molecular weight excluding hydrogens is 340 g/mol. The molecule has 4 rings (SSSR count). The van der Waals surface area contributed by atoms with E-state index in [1.165, 1.54) is 0 Å². The van der Waals surface area contributed by atoms with E-state index in [4.69, 9.17) is 0 Å².